The first-order chi connectivity index (χ1) is 20.0. The van der Waals surface area contributed by atoms with Crippen molar-refractivity contribution in [2.75, 3.05) is 47.6 Å². The number of urea groups is 1. The van der Waals surface area contributed by atoms with E-state index in [2.05, 4.69) is 16.4 Å². The van der Waals surface area contributed by atoms with Crippen molar-refractivity contribution >= 4 is 22.8 Å². The van der Waals surface area contributed by atoms with Crippen LogP contribution < -0.4 is 14.8 Å². The lowest BCUT2D eigenvalue weighted by molar-refractivity contribution is -0.132. The van der Waals surface area contributed by atoms with Gasteiger partial charge in [0.05, 0.1) is 20.8 Å². The van der Waals surface area contributed by atoms with Gasteiger partial charge in [0, 0.05) is 50.4 Å². The Balaban J connectivity index is 1.51. The summed E-state index contributed by atoms with van der Waals surface area (Å²) >= 11 is 0. The minimum absolute atomic E-state index is 0.0782. The number of rotatable bonds is 14. The van der Waals surface area contributed by atoms with E-state index >= 15 is 0 Å². The third kappa shape index (κ3) is 8.02. The molecule has 0 radical (unpaired) electrons. The topological polar surface area (TPSA) is 96.1 Å². The number of aromatic nitrogens is 1. The van der Waals surface area contributed by atoms with Gasteiger partial charge in [-0.3, -0.25) is 4.79 Å². The summed E-state index contributed by atoms with van der Waals surface area (Å²) in [5.41, 5.74) is 4.06. The molecule has 4 rings (SSSR count). The second-order valence-electron chi connectivity index (χ2n) is 9.67. The van der Waals surface area contributed by atoms with Crippen LogP contribution in [0, 0.1) is 0 Å². The van der Waals surface area contributed by atoms with Gasteiger partial charge < -0.3 is 34.3 Å². The summed E-state index contributed by atoms with van der Waals surface area (Å²) in [6.45, 7) is 1.72. The molecule has 0 spiro atoms. The standard InChI is InChI=1S/C32H38N4O5/c1-39-18-17-36(32(38)34-20-24-9-5-4-6-10-24)23-31(37)35(22-25-13-14-29(40-2)30(19-25)41-3)16-15-26-21-33-28-12-8-7-11-27(26)28/h4-14,19,21,33H,15-18,20,22-23H2,1-3H3,(H,34,38). The van der Waals surface area contributed by atoms with E-state index in [1.54, 1.807) is 26.2 Å². The molecule has 0 saturated heterocycles. The van der Waals surface area contributed by atoms with Crippen LogP contribution in [0.25, 0.3) is 10.9 Å². The first-order valence-electron chi connectivity index (χ1n) is 13.6. The highest BCUT2D eigenvalue weighted by molar-refractivity contribution is 5.85. The van der Waals surface area contributed by atoms with Gasteiger partial charge in [0.25, 0.3) is 0 Å². The SMILES string of the molecule is COCCN(CC(=O)N(CCc1c[nH]c2ccccc12)Cc1ccc(OC)c(OC)c1)C(=O)NCc1ccccc1. The number of methoxy groups -OCH3 is 3. The summed E-state index contributed by atoms with van der Waals surface area (Å²) in [6.07, 6.45) is 2.65. The van der Waals surface area contributed by atoms with Crippen LogP contribution in [-0.2, 0) is 29.0 Å². The van der Waals surface area contributed by atoms with E-state index in [9.17, 15) is 9.59 Å². The van der Waals surface area contributed by atoms with Crippen molar-refractivity contribution in [2.45, 2.75) is 19.5 Å². The largest absolute Gasteiger partial charge is 0.493 e. The summed E-state index contributed by atoms with van der Waals surface area (Å²) in [7, 11) is 4.75. The Labute approximate surface area is 241 Å². The van der Waals surface area contributed by atoms with Crippen molar-refractivity contribution in [3.8, 4) is 11.5 Å². The number of nitrogens with one attached hydrogen (secondary N) is 2. The lowest BCUT2D eigenvalue weighted by Crippen LogP contribution is -2.48. The average molecular weight is 559 g/mol. The van der Waals surface area contributed by atoms with Gasteiger partial charge in [0.15, 0.2) is 11.5 Å². The molecular weight excluding hydrogens is 520 g/mol. The van der Waals surface area contributed by atoms with Crippen molar-refractivity contribution in [3.05, 3.63) is 95.7 Å². The minimum atomic E-state index is -0.318. The zero-order valence-corrected chi connectivity index (χ0v) is 23.9. The van der Waals surface area contributed by atoms with Crippen LogP contribution >= 0.6 is 0 Å². The van der Waals surface area contributed by atoms with Gasteiger partial charge >= 0.3 is 6.03 Å². The van der Waals surface area contributed by atoms with E-state index in [1.165, 1.54) is 4.90 Å². The molecule has 0 aliphatic carbocycles. The normalized spacial score (nSPS) is 10.8. The summed E-state index contributed by atoms with van der Waals surface area (Å²) in [6, 6.07) is 23.1. The minimum Gasteiger partial charge on any atom is -0.493 e. The molecule has 1 heterocycles. The van der Waals surface area contributed by atoms with Crippen LogP contribution in [0.4, 0.5) is 4.79 Å². The molecule has 0 fully saturated rings. The maximum atomic E-state index is 13.8. The van der Waals surface area contributed by atoms with Crippen molar-refractivity contribution in [2.24, 2.45) is 0 Å². The van der Waals surface area contributed by atoms with Crippen LogP contribution in [0.15, 0.2) is 79.0 Å². The Morgan fingerprint density at radius 1 is 0.829 bits per heavy atom. The second kappa shape index (κ2) is 14.8. The van der Waals surface area contributed by atoms with Gasteiger partial charge in [-0.2, -0.15) is 0 Å². The first kappa shape index (κ1) is 29.5. The second-order valence-corrected chi connectivity index (χ2v) is 9.67. The molecule has 0 aliphatic rings. The molecule has 0 atom stereocenters. The van der Waals surface area contributed by atoms with Gasteiger partial charge in [-0.1, -0.05) is 54.6 Å². The molecule has 0 saturated carbocycles. The summed E-state index contributed by atoms with van der Waals surface area (Å²) in [5.74, 6) is 1.05. The Morgan fingerprint density at radius 3 is 2.34 bits per heavy atom. The Morgan fingerprint density at radius 2 is 1.59 bits per heavy atom. The maximum absolute atomic E-state index is 13.8. The molecule has 1 aromatic heterocycles. The van der Waals surface area contributed by atoms with Gasteiger partial charge in [0.1, 0.15) is 6.54 Å². The zero-order valence-electron chi connectivity index (χ0n) is 23.9. The lowest BCUT2D eigenvalue weighted by Gasteiger charge is -2.28. The van der Waals surface area contributed by atoms with Crippen molar-refractivity contribution in [1.29, 1.82) is 0 Å². The van der Waals surface area contributed by atoms with Gasteiger partial charge in [0.2, 0.25) is 5.91 Å². The predicted molar refractivity (Wildman–Crippen MR) is 159 cm³/mol. The summed E-state index contributed by atoms with van der Waals surface area (Å²) < 4.78 is 16.1. The fraction of sp³-hybridized carbons (Fsp3) is 0.312. The highest BCUT2D eigenvalue weighted by Gasteiger charge is 2.22. The van der Waals surface area contributed by atoms with E-state index in [-0.39, 0.29) is 25.0 Å². The predicted octanol–water partition coefficient (Wildman–Crippen LogP) is 4.61. The number of carbonyl (C=O) groups is 2. The smallest absolute Gasteiger partial charge is 0.318 e. The highest BCUT2D eigenvalue weighted by Crippen LogP contribution is 2.28. The van der Waals surface area contributed by atoms with Gasteiger partial charge in [-0.25, -0.2) is 4.79 Å². The average Bonchev–Trinajstić information content (AvgIpc) is 3.43. The van der Waals surface area contributed by atoms with Gasteiger partial charge in [-0.15, -0.1) is 0 Å². The third-order valence-electron chi connectivity index (χ3n) is 6.97. The molecular formula is C32H38N4O5. The van der Waals surface area contributed by atoms with Crippen molar-refractivity contribution in [3.63, 3.8) is 0 Å². The van der Waals surface area contributed by atoms with Crippen LogP contribution in [0.2, 0.25) is 0 Å². The number of aromatic amines is 1. The number of amides is 3. The Hall–Kier alpha value is -4.50. The molecule has 41 heavy (non-hydrogen) atoms. The number of carbonyl (C=O) groups excluding carboxylic acids is 2. The summed E-state index contributed by atoms with van der Waals surface area (Å²) in [4.78, 5) is 33.5. The molecule has 0 bridgehead atoms. The van der Waals surface area contributed by atoms with Gasteiger partial charge in [-0.05, 0) is 41.3 Å². The van der Waals surface area contributed by atoms with E-state index in [1.807, 2.05) is 72.9 Å². The number of hydrogen-bond acceptors (Lipinski definition) is 5. The third-order valence-corrected chi connectivity index (χ3v) is 6.97. The van der Waals surface area contributed by atoms with E-state index in [4.69, 9.17) is 14.2 Å². The number of benzene rings is 3. The van der Waals surface area contributed by atoms with E-state index in [0.29, 0.717) is 44.2 Å². The number of hydrogen-bond donors (Lipinski definition) is 2. The van der Waals surface area contributed by atoms with Crippen LogP contribution in [0.5, 0.6) is 11.5 Å². The first-order valence-corrected chi connectivity index (χ1v) is 13.6. The fourth-order valence-corrected chi connectivity index (χ4v) is 4.69. The van der Waals surface area contributed by atoms with Crippen molar-refractivity contribution in [1.82, 2.24) is 20.1 Å². The van der Waals surface area contributed by atoms with E-state index < -0.39 is 0 Å². The molecule has 3 aromatic carbocycles. The zero-order chi connectivity index (χ0) is 29.0. The number of para-hydroxylation sites is 1. The Bertz CT molecular complexity index is 1420. The number of fused-ring (bicyclic) bond motifs is 1. The summed E-state index contributed by atoms with van der Waals surface area (Å²) in [5, 5.41) is 4.06. The fourth-order valence-electron chi connectivity index (χ4n) is 4.69. The van der Waals surface area contributed by atoms with Crippen LogP contribution in [0.1, 0.15) is 16.7 Å². The number of nitrogens with zero attached hydrogens (tertiary/aromatic N) is 2. The number of H-pyrrole nitrogens is 1. The molecule has 2 N–H and O–H groups in total. The molecule has 3 amide bonds. The maximum Gasteiger partial charge on any atom is 0.318 e. The lowest BCUT2D eigenvalue weighted by atomic mass is 10.1. The van der Waals surface area contributed by atoms with Crippen molar-refractivity contribution < 1.29 is 23.8 Å². The molecule has 9 heteroatoms. The Kier molecular flexibility index (Phi) is 10.6. The van der Waals surface area contributed by atoms with Crippen LogP contribution in [-0.4, -0.2) is 74.3 Å². The molecule has 4 aromatic rings. The molecule has 0 aliphatic heterocycles. The number of ether oxygens (including phenoxy) is 3. The van der Waals surface area contributed by atoms with Crippen LogP contribution in [0.3, 0.4) is 0 Å². The monoisotopic (exact) mass is 558 g/mol. The highest BCUT2D eigenvalue weighted by atomic mass is 16.5. The molecule has 9 nitrogen and oxygen atoms in total. The van der Waals surface area contributed by atoms with E-state index in [0.717, 1.165) is 27.6 Å². The molecule has 0 unspecified atom stereocenters. The quantitative estimate of drug-likeness (QED) is 0.236. The molecule has 216 valence electrons.